The number of H-pyrrole nitrogens is 1. The van der Waals surface area contributed by atoms with Gasteiger partial charge in [-0.05, 0) is 13.0 Å². The summed E-state index contributed by atoms with van der Waals surface area (Å²) in [6.45, 7) is 6.39. The van der Waals surface area contributed by atoms with E-state index in [1.807, 2.05) is 22.9 Å². The molecule has 9 heteroatoms. The van der Waals surface area contributed by atoms with Crippen molar-refractivity contribution in [3.63, 3.8) is 0 Å². The average Bonchev–Trinajstić information content (AvgIpc) is 3.22. The first-order valence-electron chi connectivity index (χ1n) is 8.04. The van der Waals surface area contributed by atoms with Crippen LogP contribution < -0.4 is 5.32 Å². The molecule has 4 heterocycles. The fourth-order valence-electron chi connectivity index (χ4n) is 2.69. The maximum absolute atomic E-state index is 4.76. The van der Waals surface area contributed by atoms with E-state index in [1.165, 1.54) is 0 Å². The summed E-state index contributed by atoms with van der Waals surface area (Å²) >= 11 is 6.18. The van der Waals surface area contributed by atoms with Crippen LogP contribution in [0.3, 0.4) is 0 Å². The summed E-state index contributed by atoms with van der Waals surface area (Å²) in [6, 6.07) is 0.302. The van der Waals surface area contributed by atoms with Gasteiger partial charge in [0.05, 0.1) is 24.1 Å². The highest BCUT2D eigenvalue weighted by Gasteiger charge is 2.24. The largest absolute Gasteiger partial charge is 0.323 e. The van der Waals surface area contributed by atoms with Crippen molar-refractivity contribution in [3.05, 3.63) is 36.7 Å². The number of fused-ring (bicyclic) bond motifs is 1. The summed E-state index contributed by atoms with van der Waals surface area (Å²) in [5, 5.41) is 11.6. The van der Waals surface area contributed by atoms with Crippen LogP contribution in [0.15, 0.2) is 41.7 Å². The smallest absolute Gasteiger partial charge is 0.181 e. The lowest BCUT2D eigenvalue weighted by Gasteiger charge is -2.34. The molecular weight excluding hydrogens is 354 g/mol. The van der Waals surface area contributed by atoms with Crippen LogP contribution in [-0.2, 0) is 0 Å². The predicted molar refractivity (Wildman–Crippen MR) is 104 cm³/mol. The molecule has 1 aliphatic rings. The van der Waals surface area contributed by atoms with Crippen LogP contribution in [0.4, 0.5) is 5.82 Å². The minimum Gasteiger partial charge on any atom is -0.323 e. The summed E-state index contributed by atoms with van der Waals surface area (Å²) in [4.78, 5) is 9.33. The van der Waals surface area contributed by atoms with Crippen LogP contribution in [0.2, 0.25) is 0 Å². The number of aromatic nitrogens is 5. The van der Waals surface area contributed by atoms with Crippen molar-refractivity contribution < 1.29 is 0 Å². The second-order valence-corrected chi connectivity index (χ2v) is 8.21. The van der Waals surface area contributed by atoms with Crippen molar-refractivity contribution in [2.75, 3.05) is 5.32 Å². The first-order chi connectivity index (χ1) is 12.0. The molecule has 0 saturated carbocycles. The van der Waals surface area contributed by atoms with Gasteiger partial charge in [0, 0.05) is 23.2 Å². The first kappa shape index (κ1) is 16.3. The number of imidazole rings is 1. The highest BCUT2D eigenvalue weighted by atomic mass is 32.2. The van der Waals surface area contributed by atoms with E-state index in [9.17, 15) is 0 Å². The average molecular weight is 374 g/mol. The van der Waals surface area contributed by atoms with Crippen molar-refractivity contribution in [1.29, 1.82) is 0 Å². The summed E-state index contributed by atoms with van der Waals surface area (Å²) in [7, 11) is 0. The third-order valence-electron chi connectivity index (χ3n) is 3.90. The van der Waals surface area contributed by atoms with Gasteiger partial charge in [0.15, 0.2) is 11.5 Å². The highest BCUT2D eigenvalue weighted by Crippen LogP contribution is 2.31. The third kappa shape index (κ3) is 2.98. The molecule has 1 atom stereocenters. The van der Waals surface area contributed by atoms with E-state index in [-0.39, 0.29) is 0 Å². The lowest BCUT2D eigenvalue weighted by molar-refractivity contribution is 0.457. The molecule has 4 rings (SSSR count). The monoisotopic (exact) mass is 373 g/mol. The Morgan fingerprint density at radius 2 is 2.20 bits per heavy atom. The molecule has 130 valence electrons. The van der Waals surface area contributed by atoms with Gasteiger partial charge >= 0.3 is 0 Å². The summed E-state index contributed by atoms with van der Waals surface area (Å²) < 4.78 is 3.93. The van der Waals surface area contributed by atoms with Gasteiger partial charge in [0.1, 0.15) is 10.8 Å². The molecule has 0 bridgehead atoms. The van der Waals surface area contributed by atoms with Crippen LogP contribution in [0, 0.1) is 0 Å². The molecule has 3 aromatic heterocycles. The molecule has 1 unspecified atom stereocenters. The summed E-state index contributed by atoms with van der Waals surface area (Å²) in [5.74, 6) is 1.64. The number of nitrogens with zero attached hydrogens (tertiary/aromatic N) is 5. The van der Waals surface area contributed by atoms with Gasteiger partial charge in [-0.15, -0.1) is 11.8 Å². The Morgan fingerprint density at radius 1 is 1.36 bits per heavy atom. The lowest BCUT2D eigenvalue weighted by atomic mass is 10.2. The standard InChI is InChI=1S/C16H19N7S2/c1-9(2)25-14-8-22-12(11-5-18-19-6-11)7-17-16(22)15(21-14)20-13-4-10(3)23(13)24/h4-10,24H,1-3H3,(H,18,19)(H,20,21). The number of rotatable bonds is 5. The van der Waals surface area contributed by atoms with E-state index >= 15 is 0 Å². The summed E-state index contributed by atoms with van der Waals surface area (Å²) in [6.07, 6.45) is 9.62. The Hall–Kier alpha value is -2.13. The molecular formula is C16H19N7S2. The Balaban J connectivity index is 1.81. The lowest BCUT2D eigenvalue weighted by Crippen LogP contribution is -2.36. The molecule has 7 nitrogen and oxygen atoms in total. The summed E-state index contributed by atoms with van der Waals surface area (Å²) in [5.41, 5.74) is 2.72. The predicted octanol–water partition coefficient (Wildman–Crippen LogP) is 3.42. The van der Waals surface area contributed by atoms with E-state index in [2.05, 4.69) is 64.6 Å². The van der Waals surface area contributed by atoms with Crippen molar-refractivity contribution in [2.24, 2.45) is 0 Å². The molecule has 0 aliphatic carbocycles. The van der Waals surface area contributed by atoms with E-state index in [0.29, 0.717) is 11.3 Å². The SMILES string of the molecule is CC(C)Sc1cn2c(-c3cn[nH]c3)cnc2c(NC2=CC(C)N2S)n1. The van der Waals surface area contributed by atoms with Crippen molar-refractivity contribution in [1.82, 2.24) is 28.9 Å². The van der Waals surface area contributed by atoms with Crippen LogP contribution in [0.5, 0.6) is 0 Å². The molecule has 0 saturated heterocycles. The molecule has 0 amide bonds. The van der Waals surface area contributed by atoms with E-state index in [0.717, 1.165) is 33.6 Å². The van der Waals surface area contributed by atoms with Gasteiger partial charge in [-0.1, -0.05) is 26.7 Å². The Kier molecular flexibility index (Phi) is 4.12. The van der Waals surface area contributed by atoms with Gasteiger partial charge in [-0.3, -0.25) is 13.8 Å². The number of hydrogen-bond donors (Lipinski definition) is 3. The van der Waals surface area contributed by atoms with Gasteiger partial charge in [0.2, 0.25) is 0 Å². The second kappa shape index (κ2) is 6.30. The minimum atomic E-state index is 0.302. The van der Waals surface area contributed by atoms with Gasteiger partial charge < -0.3 is 5.32 Å². The maximum Gasteiger partial charge on any atom is 0.181 e. The third-order valence-corrected chi connectivity index (χ3v) is 5.39. The Labute approximate surface area is 155 Å². The molecule has 1 aliphatic heterocycles. The van der Waals surface area contributed by atoms with Crippen molar-refractivity contribution >= 4 is 36.0 Å². The van der Waals surface area contributed by atoms with E-state index < -0.39 is 0 Å². The molecule has 25 heavy (non-hydrogen) atoms. The maximum atomic E-state index is 4.76. The number of aromatic amines is 1. The van der Waals surface area contributed by atoms with Crippen LogP contribution in [0.1, 0.15) is 20.8 Å². The number of thiol groups is 1. The Bertz CT molecular complexity index is 930. The van der Waals surface area contributed by atoms with E-state index in [1.54, 1.807) is 18.0 Å². The zero-order chi connectivity index (χ0) is 17.6. The number of hydrogen-bond acceptors (Lipinski definition) is 7. The van der Waals surface area contributed by atoms with Gasteiger partial charge in [0.25, 0.3) is 0 Å². The van der Waals surface area contributed by atoms with Crippen LogP contribution in [-0.4, -0.2) is 40.2 Å². The fraction of sp³-hybridized carbons (Fsp3) is 0.312. The molecule has 2 N–H and O–H groups in total. The minimum absolute atomic E-state index is 0.302. The van der Waals surface area contributed by atoms with Gasteiger partial charge in [-0.25, -0.2) is 9.97 Å². The van der Waals surface area contributed by atoms with Crippen LogP contribution in [0.25, 0.3) is 16.9 Å². The highest BCUT2D eigenvalue weighted by molar-refractivity contribution is 7.99. The van der Waals surface area contributed by atoms with Crippen molar-refractivity contribution in [2.45, 2.75) is 37.1 Å². The topological polar surface area (TPSA) is 74.1 Å². The number of anilines is 1. The second-order valence-electron chi connectivity index (χ2n) is 6.18. The van der Waals surface area contributed by atoms with Crippen molar-refractivity contribution in [3.8, 4) is 11.3 Å². The normalized spacial score (nSPS) is 17.1. The fourth-order valence-corrected chi connectivity index (χ4v) is 3.66. The van der Waals surface area contributed by atoms with Gasteiger partial charge in [-0.2, -0.15) is 5.10 Å². The zero-order valence-corrected chi connectivity index (χ0v) is 15.8. The van der Waals surface area contributed by atoms with Crippen LogP contribution >= 0.6 is 24.6 Å². The zero-order valence-electron chi connectivity index (χ0n) is 14.1. The molecule has 3 aromatic rings. The first-order valence-corrected chi connectivity index (χ1v) is 9.31. The number of thioether (sulfide) groups is 1. The quantitative estimate of drug-likeness (QED) is 0.470. The van der Waals surface area contributed by atoms with E-state index in [4.69, 9.17) is 4.98 Å². The molecule has 0 radical (unpaired) electrons. The molecule has 0 fully saturated rings. The number of nitrogens with one attached hydrogen (secondary N) is 2. The Morgan fingerprint density at radius 3 is 2.84 bits per heavy atom. The molecule has 0 aromatic carbocycles. The molecule has 0 spiro atoms.